The highest BCUT2D eigenvalue weighted by atomic mass is 14.4. The Hall–Kier alpha value is 0. The van der Waals surface area contributed by atoms with Crippen molar-refractivity contribution in [1.29, 1.82) is 0 Å². The van der Waals surface area contributed by atoms with Crippen LogP contribution in [-0.4, -0.2) is 0 Å². The van der Waals surface area contributed by atoms with E-state index in [1.165, 1.54) is 32.1 Å². The summed E-state index contributed by atoms with van der Waals surface area (Å²) in [7, 11) is 0. The van der Waals surface area contributed by atoms with E-state index in [9.17, 15) is 0 Å². The van der Waals surface area contributed by atoms with Crippen molar-refractivity contribution in [3.05, 3.63) is 0 Å². The van der Waals surface area contributed by atoms with Gasteiger partial charge in [0.15, 0.2) is 0 Å². The van der Waals surface area contributed by atoms with Gasteiger partial charge in [-0.25, -0.2) is 0 Å². The van der Waals surface area contributed by atoms with Gasteiger partial charge in [-0.2, -0.15) is 0 Å². The van der Waals surface area contributed by atoms with E-state index in [0.717, 1.165) is 0 Å². The second-order valence-corrected chi connectivity index (χ2v) is 6.07. The SMILES string of the molecule is CC.CC1(C)CCCC(C)(C)C1.CCC. The quantitative estimate of drug-likeness (QED) is 0.460. The maximum Gasteiger partial charge on any atom is -0.0349 e. The summed E-state index contributed by atoms with van der Waals surface area (Å²) in [6.07, 6.45) is 6.94. The predicted octanol–water partition coefficient (Wildman–Crippen LogP) is 6.06. The Morgan fingerprint density at radius 1 is 0.800 bits per heavy atom. The number of rotatable bonds is 0. The van der Waals surface area contributed by atoms with Crippen molar-refractivity contribution < 1.29 is 0 Å². The summed E-state index contributed by atoms with van der Waals surface area (Å²) in [5.74, 6) is 0. The highest BCUT2D eigenvalue weighted by Crippen LogP contribution is 2.45. The van der Waals surface area contributed by atoms with Gasteiger partial charge in [-0.1, -0.05) is 68.2 Å². The van der Waals surface area contributed by atoms with Crippen molar-refractivity contribution in [2.45, 2.75) is 87.5 Å². The fourth-order valence-corrected chi connectivity index (χ4v) is 2.52. The molecule has 0 aromatic heterocycles. The van der Waals surface area contributed by atoms with E-state index in [2.05, 4.69) is 41.5 Å². The number of hydrogen-bond donors (Lipinski definition) is 0. The first kappa shape index (κ1) is 17.4. The summed E-state index contributed by atoms with van der Waals surface area (Å²) in [5, 5.41) is 0. The molecule has 0 amide bonds. The van der Waals surface area contributed by atoms with Gasteiger partial charge in [0.05, 0.1) is 0 Å². The molecular weight excluding hydrogens is 180 g/mol. The lowest BCUT2D eigenvalue weighted by Gasteiger charge is -2.40. The smallest absolute Gasteiger partial charge is 0.0349 e. The highest BCUT2D eigenvalue weighted by Gasteiger charge is 2.32. The molecule has 15 heavy (non-hydrogen) atoms. The highest BCUT2D eigenvalue weighted by molar-refractivity contribution is 4.84. The Labute approximate surface area is 98.9 Å². The molecule has 0 heteroatoms. The molecule has 1 saturated carbocycles. The lowest BCUT2D eigenvalue weighted by molar-refractivity contribution is 0.116. The molecule has 1 fully saturated rings. The fourth-order valence-electron chi connectivity index (χ4n) is 2.52. The molecule has 0 unspecified atom stereocenters. The first-order valence-electron chi connectivity index (χ1n) is 6.83. The standard InChI is InChI=1S/C10H20.C3H8.C2H6/c1-9(2)6-5-7-10(3,4)8-9;1-3-2;1-2/h5-8H2,1-4H3;3H2,1-2H3;1-2H3. The summed E-state index contributed by atoms with van der Waals surface area (Å²) in [6.45, 7) is 17.8. The van der Waals surface area contributed by atoms with Crippen LogP contribution < -0.4 is 0 Å². The van der Waals surface area contributed by atoms with Crippen LogP contribution in [0, 0.1) is 10.8 Å². The van der Waals surface area contributed by atoms with Crippen molar-refractivity contribution in [2.75, 3.05) is 0 Å². The maximum absolute atomic E-state index is 2.40. The van der Waals surface area contributed by atoms with Gasteiger partial charge in [0, 0.05) is 0 Å². The molecule has 0 saturated heterocycles. The number of hydrogen-bond acceptors (Lipinski definition) is 0. The van der Waals surface area contributed by atoms with E-state index >= 15 is 0 Å². The van der Waals surface area contributed by atoms with E-state index in [4.69, 9.17) is 0 Å². The average molecular weight is 214 g/mol. The largest absolute Gasteiger partial charge is 0.0683 e. The van der Waals surface area contributed by atoms with Crippen LogP contribution in [0.2, 0.25) is 0 Å². The van der Waals surface area contributed by atoms with Crippen LogP contribution in [0.1, 0.15) is 87.5 Å². The molecule has 0 N–H and O–H groups in total. The monoisotopic (exact) mass is 214 g/mol. The minimum atomic E-state index is 0.613. The molecule has 1 aliphatic carbocycles. The summed E-state index contributed by atoms with van der Waals surface area (Å²) >= 11 is 0. The fraction of sp³-hybridized carbons (Fsp3) is 1.00. The molecule has 1 aliphatic rings. The summed E-state index contributed by atoms with van der Waals surface area (Å²) in [5.41, 5.74) is 1.23. The Balaban J connectivity index is 0. The van der Waals surface area contributed by atoms with Crippen LogP contribution in [0.3, 0.4) is 0 Å². The molecule has 0 aromatic carbocycles. The van der Waals surface area contributed by atoms with Crippen molar-refractivity contribution in [1.82, 2.24) is 0 Å². The molecule has 0 atom stereocenters. The predicted molar refractivity (Wildman–Crippen MR) is 73.3 cm³/mol. The minimum Gasteiger partial charge on any atom is -0.0683 e. The van der Waals surface area contributed by atoms with Gasteiger partial charge in [0.1, 0.15) is 0 Å². The molecule has 0 spiro atoms. The first-order valence-corrected chi connectivity index (χ1v) is 6.83. The second-order valence-electron chi connectivity index (χ2n) is 6.07. The van der Waals surface area contributed by atoms with E-state index in [0.29, 0.717) is 10.8 Å². The van der Waals surface area contributed by atoms with Crippen LogP contribution >= 0.6 is 0 Å². The zero-order chi connectivity index (χ0) is 12.5. The summed E-state index contributed by atoms with van der Waals surface area (Å²) in [6, 6.07) is 0. The van der Waals surface area contributed by atoms with Crippen LogP contribution in [0.4, 0.5) is 0 Å². The minimum absolute atomic E-state index is 0.613. The molecule has 0 nitrogen and oxygen atoms in total. The van der Waals surface area contributed by atoms with Crippen LogP contribution in [0.5, 0.6) is 0 Å². The average Bonchev–Trinajstić information content (AvgIpc) is 2.04. The van der Waals surface area contributed by atoms with Crippen LogP contribution in [-0.2, 0) is 0 Å². The lowest BCUT2D eigenvalue weighted by atomic mass is 9.65. The van der Waals surface area contributed by atoms with Gasteiger partial charge in [-0.05, 0) is 30.1 Å². The Kier molecular flexibility index (Phi) is 9.49. The summed E-state index contributed by atoms with van der Waals surface area (Å²) < 4.78 is 0. The van der Waals surface area contributed by atoms with Gasteiger partial charge in [0.25, 0.3) is 0 Å². The van der Waals surface area contributed by atoms with Crippen molar-refractivity contribution >= 4 is 0 Å². The van der Waals surface area contributed by atoms with Crippen LogP contribution in [0.15, 0.2) is 0 Å². The summed E-state index contributed by atoms with van der Waals surface area (Å²) in [4.78, 5) is 0. The van der Waals surface area contributed by atoms with Gasteiger partial charge >= 0.3 is 0 Å². The van der Waals surface area contributed by atoms with E-state index < -0.39 is 0 Å². The van der Waals surface area contributed by atoms with Gasteiger partial charge in [0.2, 0.25) is 0 Å². The second kappa shape index (κ2) is 8.19. The van der Waals surface area contributed by atoms with E-state index in [1.54, 1.807) is 0 Å². The van der Waals surface area contributed by atoms with E-state index in [-0.39, 0.29) is 0 Å². The molecule has 0 heterocycles. The van der Waals surface area contributed by atoms with Crippen LogP contribution in [0.25, 0.3) is 0 Å². The van der Waals surface area contributed by atoms with Crippen molar-refractivity contribution in [3.63, 3.8) is 0 Å². The zero-order valence-electron chi connectivity index (χ0n) is 12.5. The van der Waals surface area contributed by atoms with Gasteiger partial charge < -0.3 is 0 Å². The normalized spacial score (nSPS) is 21.6. The molecular formula is C15H34. The molecule has 94 valence electrons. The first-order chi connectivity index (χ1) is 6.83. The molecule has 0 radical (unpaired) electrons. The molecule has 0 aromatic rings. The third kappa shape index (κ3) is 10.3. The van der Waals surface area contributed by atoms with Crippen molar-refractivity contribution in [2.24, 2.45) is 10.8 Å². The molecule has 0 aliphatic heterocycles. The van der Waals surface area contributed by atoms with Crippen molar-refractivity contribution in [3.8, 4) is 0 Å². The zero-order valence-corrected chi connectivity index (χ0v) is 12.5. The third-order valence-electron chi connectivity index (χ3n) is 2.66. The molecule has 1 rings (SSSR count). The molecule has 0 bridgehead atoms. The van der Waals surface area contributed by atoms with E-state index in [1.807, 2.05) is 13.8 Å². The Bertz CT molecular complexity index is 117. The Morgan fingerprint density at radius 2 is 1.07 bits per heavy atom. The topological polar surface area (TPSA) is 0 Å². The van der Waals surface area contributed by atoms with Gasteiger partial charge in [-0.3, -0.25) is 0 Å². The Morgan fingerprint density at radius 3 is 1.20 bits per heavy atom. The lowest BCUT2D eigenvalue weighted by Crippen LogP contribution is -2.28. The van der Waals surface area contributed by atoms with Gasteiger partial charge in [-0.15, -0.1) is 0 Å². The third-order valence-corrected chi connectivity index (χ3v) is 2.66. The maximum atomic E-state index is 2.40.